The number of ketones is 1. The van der Waals surface area contributed by atoms with Crippen molar-refractivity contribution in [3.8, 4) is 17.2 Å². The second kappa shape index (κ2) is 13.5. The second-order valence-electron chi connectivity index (χ2n) is 10.1. The molecule has 2 aromatic rings. The molecule has 200 valence electrons. The highest BCUT2D eigenvalue weighted by Gasteiger charge is 2.25. The van der Waals surface area contributed by atoms with Gasteiger partial charge in [-0.3, -0.25) is 14.5 Å². The first-order chi connectivity index (χ1) is 18.0. The molecule has 0 spiro atoms. The van der Waals surface area contributed by atoms with Gasteiger partial charge in [-0.05, 0) is 87.5 Å². The number of nitrogens with zero attached hydrogens (tertiary/aromatic N) is 1. The van der Waals surface area contributed by atoms with Crippen molar-refractivity contribution in [1.82, 2.24) is 10.2 Å². The van der Waals surface area contributed by atoms with Crippen LogP contribution in [0.1, 0.15) is 67.8 Å². The third-order valence-corrected chi connectivity index (χ3v) is 7.32. The summed E-state index contributed by atoms with van der Waals surface area (Å²) in [7, 11) is 1.61. The Labute approximate surface area is 220 Å². The van der Waals surface area contributed by atoms with E-state index in [4.69, 9.17) is 14.2 Å². The van der Waals surface area contributed by atoms with Crippen LogP contribution < -0.4 is 19.5 Å². The first kappa shape index (κ1) is 27.0. The fourth-order valence-corrected chi connectivity index (χ4v) is 5.18. The molecule has 1 fully saturated rings. The maximum Gasteiger partial charge on any atom is 0.220 e. The van der Waals surface area contributed by atoms with Crippen LogP contribution in [0, 0.1) is 0 Å². The smallest absolute Gasteiger partial charge is 0.220 e. The highest BCUT2D eigenvalue weighted by atomic mass is 16.6. The molecule has 0 saturated carbocycles. The van der Waals surface area contributed by atoms with Crippen molar-refractivity contribution in [2.24, 2.45) is 0 Å². The van der Waals surface area contributed by atoms with Gasteiger partial charge in [0.05, 0.1) is 7.11 Å². The van der Waals surface area contributed by atoms with Crippen LogP contribution in [-0.2, 0) is 11.2 Å². The molecule has 2 aromatic carbocycles. The van der Waals surface area contributed by atoms with Crippen LogP contribution in [0.2, 0.25) is 0 Å². The van der Waals surface area contributed by atoms with Crippen molar-refractivity contribution in [1.29, 1.82) is 0 Å². The number of nitrogens with one attached hydrogen (secondary N) is 1. The van der Waals surface area contributed by atoms with E-state index >= 15 is 0 Å². The number of methoxy groups -OCH3 is 1. The predicted molar refractivity (Wildman–Crippen MR) is 144 cm³/mol. The number of hydrogen-bond donors (Lipinski definition) is 1. The van der Waals surface area contributed by atoms with E-state index in [9.17, 15) is 9.59 Å². The van der Waals surface area contributed by atoms with E-state index in [0.29, 0.717) is 37.7 Å². The van der Waals surface area contributed by atoms with Crippen molar-refractivity contribution in [2.75, 3.05) is 33.4 Å². The van der Waals surface area contributed by atoms with Gasteiger partial charge in [0.15, 0.2) is 17.3 Å². The molecule has 4 rings (SSSR count). The topological polar surface area (TPSA) is 77.1 Å². The van der Waals surface area contributed by atoms with Crippen molar-refractivity contribution in [3.05, 3.63) is 53.6 Å². The van der Waals surface area contributed by atoms with Gasteiger partial charge in [0.1, 0.15) is 19.0 Å². The molecule has 0 unspecified atom stereocenters. The molecule has 0 aromatic heterocycles. The molecular formula is C30H40N2O5. The minimum atomic E-state index is 0.0345. The predicted octanol–water partition coefficient (Wildman–Crippen LogP) is 4.81. The summed E-state index contributed by atoms with van der Waals surface area (Å²) in [5.41, 5.74) is 1.84. The van der Waals surface area contributed by atoms with Gasteiger partial charge in [-0.1, -0.05) is 12.5 Å². The van der Waals surface area contributed by atoms with Gasteiger partial charge in [0.2, 0.25) is 5.91 Å². The molecule has 2 atom stereocenters. The van der Waals surface area contributed by atoms with Crippen LogP contribution in [0.5, 0.6) is 17.2 Å². The third kappa shape index (κ3) is 7.96. The summed E-state index contributed by atoms with van der Waals surface area (Å²) >= 11 is 0. The summed E-state index contributed by atoms with van der Waals surface area (Å²) in [5.74, 6) is 2.53. The molecule has 7 heteroatoms. The van der Waals surface area contributed by atoms with E-state index < -0.39 is 0 Å². The largest absolute Gasteiger partial charge is 0.497 e. The van der Waals surface area contributed by atoms with Crippen molar-refractivity contribution < 1.29 is 23.8 Å². The van der Waals surface area contributed by atoms with E-state index in [2.05, 4.69) is 23.2 Å². The number of amides is 1. The number of rotatable bonds is 13. The molecular weight excluding hydrogens is 468 g/mol. The number of fused-ring (bicyclic) bond motifs is 1. The first-order valence-electron chi connectivity index (χ1n) is 13.6. The lowest BCUT2D eigenvalue weighted by Gasteiger charge is -2.28. The van der Waals surface area contributed by atoms with Crippen LogP contribution in [0.15, 0.2) is 42.5 Å². The molecule has 1 saturated heterocycles. The standard InChI is InChI=1S/C30H40N2O5/c1-22-7-6-16-32(22)21-25(19-23-10-15-28-29(20-23)37-18-17-36-28)31-30(34)9-5-3-4-8-27(33)24-11-13-26(35-2)14-12-24/h10-15,20,22,25H,3-9,16-19,21H2,1-2H3,(H,31,34)/t22-,25+/m1/s1. The second-order valence-corrected chi connectivity index (χ2v) is 10.1. The number of benzene rings is 2. The monoisotopic (exact) mass is 508 g/mol. The Morgan fingerprint density at radius 1 is 1.03 bits per heavy atom. The number of hydrogen-bond acceptors (Lipinski definition) is 6. The summed E-state index contributed by atoms with van der Waals surface area (Å²) in [6.45, 7) is 5.33. The highest BCUT2D eigenvalue weighted by Crippen LogP contribution is 2.31. The Hall–Kier alpha value is -3.06. The minimum Gasteiger partial charge on any atom is -0.497 e. The zero-order valence-electron chi connectivity index (χ0n) is 22.2. The number of Topliss-reactive ketones (excluding diaryl/α,β-unsaturated/α-hetero) is 1. The molecule has 2 aliphatic heterocycles. The zero-order valence-corrected chi connectivity index (χ0v) is 22.2. The lowest BCUT2D eigenvalue weighted by atomic mass is 10.0. The minimum absolute atomic E-state index is 0.0345. The number of unbranched alkanes of at least 4 members (excludes halogenated alkanes) is 2. The summed E-state index contributed by atoms with van der Waals surface area (Å²) in [5, 5.41) is 3.30. The van der Waals surface area contributed by atoms with Crippen LogP contribution >= 0.6 is 0 Å². The van der Waals surface area contributed by atoms with Gasteiger partial charge in [-0.25, -0.2) is 0 Å². The van der Waals surface area contributed by atoms with Gasteiger partial charge >= 0.3 is 0 Å². The van der Waals surface area contributed by atoms with E-state index in [0.717, 1.165) is 61.6 Å². The summed E-state index contributed by atoms with van der Waals surface area (Å²) < 4.78 is 16.6. The highest BCUT2D eigenvalue weighted by molar-refractivity contribution is 5.96. The van der Waals surface area contributed by atoms with Gasteiger partial charge in [-0.2, -0.15) is 0 Å². The number of carbonyl (C=O) groups excluding carboxylic acids is 2. The average Bonchev–Trinajstić information content (AvgIpc) is 3.32. The first-order valence-corrected chi connectivity index (χ1v) is 13.6. The SMILES string of the molecule is COc1ccc(C(=O)CCCCCC(=O)N[C@@H](Cc2ccc3c(c2)OCCO3)CN2CCC[C@H]2C)cc1. The lowest BCUT2D eigenvalue weighted by molar-refractivity contribution is -0.122. The molecule has 0 bridgehead atoms. The van der Waals surface area contributed by atoms with E-state index in [1.54, 1.807) is 19.2 Å². The van der Waals surface area contributed by atoms with Gasteiger partial charge in [0.25, 0.3) is 0 Å². The van der Waals surface area contributed by atoms with E-state index in [-0.39, 0.29) is 17.7 Å². The molecule has 0 radical (unpaired) electrons. The number of ether oxygens (including phenoxy) is 3. The van der Waals surface area contributed by atoms with E-state index in [1.807, 2.05) is 24.3 Å². The maximum absolute atomic E-state index is 12.9. The molecule has 0 aliphatic carbocycles. The zero-order chi connectivity index (χ0) is 26.0. The van der Waals surface area contributed by atoms with Crippen LogP contribution in [0.3, 0.4) is 0 Å². The maximum atomic E-state index is 12.9. The Kier molecular flexibility index (Phi) is 9.83. The summed E-state index contributed by atoms with van der Waals surface area (Å²) in [6.07, 6.45) is 6.55. The summed E-state index contributed by atoms with van der Waals surface area (Å²) in [6, 6.07) is 13.9. The molecule has 37 heavy (non-hydrogen) atoms. The molecule has 7 nitrogen and oxygen atoms in total. The fraction of sp³-hybridized carbons (Fsp3) is 0.533. The normalized spacial score (nSPS) is 17.8. The Balaban J connectivity index is 1.24. The Bertz CT molecular complexity index is 1040. The van der Waals surface area contributed by atoms with E-state index in [1.165, 1.54) is 12.8 Å². The lowest BCUT2D eigenvalue weighted by Crippen LogP contribution is -2.46. The Morgan fingerprint density at radius 3 is 2.51 bits per heavy atom. The molecule has 1 amide bonds. The van der Waals surface area contributed by atoms with Gasteiger partial charge < -0.3 is 19.5 Å². The molecule has 2 heterocycles. The number of carbonyl (C=O) groups is 2. The van der Waals surface area contributed by atoms with Gasteiger partial charge in [0, 0.05) is 37.0 Å². The fourth-order valence-electron chi connectivity index (χ4n) is 5.18. The van der Waals surface area contributed by atoms with Crippen LogP contribution in [0.25, 0.3) is 0 Å². The van der Waals surface area contributed by atoms with Crippen molar-refractivity contribution in [2.45, 2.75) is 70.4 Å². The molecule has 1 N–H and O–H groups in total. The van der Waals surface area contributed by atoms with Crippen molar-refractivity contribution >= 4 is 11.7 Å². The molecule has 2 aliphatic rings. The van der Waals surface area contributed by atoms with Gasteiger partial charge in [-0.15, -0.1) is 0 Å². The van der Waals surface area contributed by atoms with Crippen molar-refractivity contribution in [3.63, 3.8) is 0 Å². The average molecular weight is 509 g/mol. The quantitative estimate of drug-likeness (QED) is 0.309. The van der Waals surface area contributed by atoms with Crippen LogP contribution in [0.4, 0.5) is 0 Å². The third-order valence-electron chi connectivity index (χ3n) is 7.32. The number of likely N-dealkylation sites (tertiary alicyclic amines) is 1. The summed E-state index contributed by atoms with van der Waals surface area (Å²) in [4.78, 5) is 27.7. The Morgan fingerprint density at radius 2 is 1.78 bits per heavy atom. The van der Waals surface area contributed by atoms with Crippen LogP contribution in [-0.4, -0.2) is 62.1 Å².